The van der Waals surface area contributed by atoms with Crippen LogP contribution >= 0.6 is 0 Å². The Kier molecular flexibility index (Phi) is 2.85. The van der Waals surface area contributed by atoms with Crippen LogP contribution in [0.3, 0.4) is 0 Å². The van der Waals surface area contributed by atoms with Gasteiger partial charge in [0.2, 0.25) is 0 Å². The maximum Gasteiger partial charge on any atom is 0.299 e. The quantitative estimate of drug-likeness (QED) is 0.801. The molecule has 1 aliphatic heterocycles. The van der Waals surface area contributed by atoms with E-state index in [4.69, 9.17) is 0 Å². The molecule has 5 nitrogen and oxygen atoms in total. The largest absolute Gasteiger partial charge is 0.333 e. The Morgan fingerprint density at radius 2 is 2.10 bits per heavy atom. The van der Waals surface area contributed by atoms with Gasteiger partial charge in [-0.25, -0.2) is 9.37 Å². The maximum absolute atomic E-state index is 13.3. The van der Waals surface area contributed by atoms with Crippen LogP contribution in [0.5, 0.6) is 0 Å². The first-order chi connectivity index (χ1) is 9.61. The Bertz CT molecular complexity index is 708. The number of ketones is 1. The van der Waals surface area contributed by atoms with Gasteiger partial charge in [-0.15, -0.1) is 0 Å². The monoisotopic (exact) mass is 273 g/mol. The van der Waals surface area contributed by atoms with Gasteiger partial charge in [0.15, 0.2) is 0 Å². The molecule has 2 heterocycles. The molecule has 1 aromatic heterocycles. The number of carbonyl (C=O) groups excluding carboxylic acids is 2. The van der Waals surface area contributed by atoms with Gasteiger partial charge in [0.05, 0.1) is 29.8 Å². The number of rotatable bonds is 3. The molecule has 0 bridgehead atoms. The summed E-state index contributed by atoms with van der Waals surface area (Å²) in [5, 5.41) is 0. The van der Waals surface area contributed by atoms with Crippen LogP contribution in [-0.4, -0.2) is 21.2 Å². The first-order valence-electron chi connectivity index (χ1n) is 6.26. The Balaban J connectivity index is 2.01. The molecular formula is C14H12FN3O2. The van der Waals surface area contributed by atoms with Crippen molar-refractivity contribution in [2.45, 2.75) is 20.0 Å². The van der Waals surface area contributed by atoms with Crippen molar-refractivity contribution in [1.82, 2.24) is 9.55 Å². The van der Waals surface area contributed by atoms with Gasteiger partial charge in [0.25, 0.3) is 11.7 Å². The lowest BCUT2D eigenvalue weighted by molar-refractivity contribution is -0.114. The minimum atomic E-state index is -0.630. The third-order valence-corrected chi connectivity index (χ3v) is 3.39. The SMILES string of the molecule is CCn1cncc1CN1C(=O)C(=O)c2ccc(F)cc21. The number of aryl methyl sites for hydroxylation is 1. The Hall–Kier alpha value is -2.50. The molecule has 0 radical (unpaired) electrons. The molecule has 20 heavy (non-hydrogen) atoms. The fourth-order valence-electron chi connectivity index (χ4n) is 2.35. The molecule has 102 valence electrons. The van der Waals surface area contributed by atoms with Gasteiger partial charge in [-0.3, -0.25) is 14.5 Å². The Labute approximate surface area is 114 Å². The predicted molar refractivity (Wildman–Crippen MR) is 69.8 cm³/mol. The van der Waals surface area contributed by atoms with Crippen LogP contribution in [0, 0.1) is 5.82 Å². The van der Waals surface area contributed by atoms with E-state index >= 15 is 0 Å². The molecule has 1 aromatic carbocycles. The van der Waals surface area contributed by atoms with Gasteiger partial charge in [0.1, 0.15) is 5.82 Å². The van der Waals surface area contributed by atoms with E-state index in [1.165, 1.54) is 23.1 Å². The Morgan fingerprint density at radius 1 is 1.30 bits per heavy atom. The van der Waals surface area contributed by atoms with Gasteiger partial charge in [0, 0.05) is 12.7 Å². The normalized spacial score (nSPS) is 14.0. The third-order valence-electron chi connectivity index (χ3n) is 3.39. The zero-order valence-electron chi connectivity index (χ0n) is 10.8. The van der Waals surface area contributed by atoms with E-state index in [2.05, 4.69) is 4.98 Å². The molecule has 0 N–H and O–H groups in total. The summed E-state index contributed by atoms with van der Waals surface area (Å²) in [6.07, 6.45) is 3.29. The second-order valence-corrected chi connectivity index (χ2v) is 4.55. The van der Waals surface area contributed by atoms with Crippen molar-refractivity contribution in [3.05, 3.63) is 47.8 Å². The van der Waals surface area contributed by atoms with E-state index in [0.717, 1.165) is 5.69 Å². The Morgan fingerprint density at radius 3 is 2.85 bits per heavy atom. The van der Waals surface area contributed by atoms with Crippen LogP contribution in [0.25, 0.3) is 0 Å². The fraction of sp³-hybridized carbons (Fsp3) is 0.214. The number of halogens is 1. The lowest BCUT2D eigenvalue weighted by Gasteiger charge is -2.17. The highest BCUT2D eigenvalue weighted by atomic mass is 19.1. The van der Waals surface area contributed by atoms with Crippen LogP contribution in [0.2, 0.25) is 0 Å². The molecule has 0 atom stereocenters. The number of carbonyl (C=O) groups is 2. The zero-order valence-corrected chi connectivity index (χ0v) is 10.8. The van der Waals surface area contributed by atoms with E-state index in [1.807, 2.05) is 11.5 Å². The molecule has 0 fully saturated rings. The minimum absolute atomic E-state index is 0.203. The number of hydrogen-bond donors (Lipinski definition) is 0. The number of hydrogen-bond acceptors (Lipinski definition) is 3. The van der Waals surface area contributed by atoms with Crippen molar-refractivity contribution in [1.29, 1.82) is 0 Å². The molecule has 2 aromatic rings. The molecule has 0 saturated carbocycles. The molecule has 0 spiro atoms. The highest BCUT2D eigenvalue weighted by Gasteiger charge is 2.36. The smallest absolute Gasteiger partial charge is 0.299 e. The number of benzene rings is 1. The van der Waals surface area contributed by atoms with E-state index in [1.54, 1.807) is 12.5 Å². The molecule has 1 aliphatic rings. The highest BCUT2D eigenvalue weighted by molar-refractivity contribution is 6.52. The average Bonchev–Trinajstić information content (AvgIpc) is 2.98. The van der Waals surface area contributed by atoms with E-state index in [9.17, 15) is 14.0 Å². The molecule has 1 amide bonds. The second-order valence-electron chi connectivity index (χ2n) is 4.55. The number of aromatic nitrogens is 2. The summed E-state index contributed by atoms with van der Waals surface area (Å²) in [7, 11) is 0. The predicted octanol–water partition coefficient (Wildman–Crippen LogP) is 1.77. The molecule has 0 aliphatic carbocycles. The minimum Gasteiger partial charge on any atom is -0.333 e. The molecule has 0 saturated heterocycles. The summed E-state index contributed by atoms with van der Waals surface area (Å²) < 4.78 is 15.2. The van der Waals surface area contributed by atoms with Crippen molar-refractivity contribution in [3.8, 4) is 0 Å². The standard InChI is InChI=1S/C14H12FN3O2/c1-2-17-8-16-6-10(17)7-18-12-5-9(15)3-4-11(12)13(19)14(18)20/h3-6,8H,2,7H2,1H3. The van der Waals surface area contributed by atoms with Gasteiger partial charge in [-0.05, 0) is 25.1 Å². The maximum atomic E-state index is 13.3. The first-order valence-corrected chi connectivity index (χ1v) is 6.26. The van der Waals surface area contributed by atoms with Gasteiger partial charge < -0.3 is 4.57 Å². The number of amides is 1. The molecular weight excluding hydrogens is 261 g/mol. The summed E-state index contributed by atoms with van der Waals surface area (Å²) in [6, 6.07) is 3.75. The fourth-order valence-corrected chi connectivity index (χ4v) is 2.35. The van der Waals surface area contributed by atoms with Crippen LogP contribution in [0.4, 0.5) is 10.1 Å². The summed E-state index contributed by atoms with van der Waals surface area (Å²) >= 11 is 0. The lowest BCUT2D eigenvalue weighted by Crippen LogP contribution is -2.30. The summed E-state index contributed by atoms with van der Waals surface area (Å²) in [4.78, 5) is 29.2. The van der Waals surface area contributed by atoms with Crippen LogP contribution in [0.1, 0.15) is 23.0 Å². The van der Waals surface area contributed by atoms with Gasteiger partial charge >= 0.3 is 0 Å². The molecule has 6 heteroatoms. The highest BCUT2D eigenvalue weighted by Crippen LogP contribution is 2.30. The van der Waals surface area contributed by atoms with Crippen molar-refractivity contribution < 1.29 is 14.0 Å². The number of fused-ring (bicyclic) bond motifs is 1. The van der Waals surface area contributed by atoms with Crippen molar-refractivity contribution >= 4 is 17.4 Å². The van der Waals surface area contributed by atoms with E-state index in [-0.39, 0.29) is 12.1 Å². The lowest BCUT2D eigenvalue weighted by atomic mass is 10.1. The number of imidazole rings is 1. The van der Waals surface area contributed by atoms with Crippen LogP contribution in [-0.2, 0) is 17.9 Å². The number of anilines is 1. The van der Waals surface area contributed by atoms with E-state index < -0.39 is 17.5 Å². The summed E-state index contributed by atoms with van der Waals surface area (Å²) in [5.41, 5.74) is 1.37. The van der Waals surface area contributed by atoms with E-state index in [0.29, 0.717) is 12.2 Å². The summed E-state index contributed by atoms with van der Waals surface area (Å²) in [5.74, 6) is -1.70. The first kappa shape index (κ1) is 12.5. The van der Waals surface area contributed by atoms with Crippen LogP contribution < -0.4 is 4.90 Å². The topological polar surface area (TPSA) is 55.2 Å². The second kappa shape index (κ2) is 4.56. The zero-order chi connectivity index (χ0) is 14.3. The molecule has 3 rings (SSSR count). The van der Waals surface area contributed by atoms with Gasteiger partial charge in [-0.2, -0.15) is 0 Å². The van der Waals surface area contributed by atoms with Gasteiger partial charge in [-0.1, -0.05) is 0 Å². The van der Waals surface area contributed by atoms with Crippen molar-refractivity contribution in [2.24, 2.45) is 0 Å². The van der Waals surface area contributed by atoms with Crippen molar-refractivity contribution in [3.63, 3.8) is 0 Å². The number of Topliss-reactive ketones (excluding diaryl/α,β-unsaturated/α-hetero) is 1. The average molecular weight is 273 g/mol. The van der Waals surface area contributed by atoms with Crippen molar-refractivity contribution in [2.75, 3.05) is 4.90 Å². The summed E-state index contributed by atoms with van der Waals surface area (Å²) in [6.45, 7) is 2.87. The van der Waals surface area contributed by atoms with Crippen LogP contribution in [0.15, 0.2) is 30.7 Å². The third kappa shape index (κ3) is 1.80. The molecule has 0 unspecified atom stereocenters. The number of nitrogens with zero attached hydrogens (tertiary/aromatic N) is 3.